The van der Waals surface area contributed by atoms with Gasteiger partial charge in [0.2, 0.25) is 0 Å². The van der Waals surface area contributed by atoms with Gasteiger partial charge < -0.3 is 5.11 Å². The van der Waals surface area contributed by atoms with Crippen molar-refractivity contribution in [1.29, 1.82) is 0 Å². The molecule has 0 radical (unpaired) electrons. The van der Waals surface area contributed by atoms with Gasteiger partial charge in [-0.15, -0.1) is 11.8 Å². The van der Waals surface area contributed by atoms with E-state index in [1.807, 2.05) is 48.6 Å². The number of thioether (sulfide) groups is 1. The summed E-state index contributed by atoms with van der Waals surface area (Å²) in [4.78, 5) is 1.21. The summed E-state index contributed by atoms with van der Waals surface area (Å²) < 4.78 is 0. The van der Waals surface area contributed by atoms with Crippen molar-refractivity contribution in [2.24, 2.45) is 11.8 Å². The van der Waals surface area contributed by atoms with Crippen molar-refractivity contribution >= 4 is 11.8 Å². The second kappa shape index (κ2) is 5.47. The minimum atomic E-state index is -0.924. The molecule has 0 saturated carbocycles. The summed E-state index contributed by atoms with van der Waals surface area (Å²) in [6.07, 6.45) is 16.5. The van der Waals surface area contributed by atoms with Crippen LogP contribution in [0.5, 0.6) is 0 Å². The first kappa shape index (κ1) is 13.5. The summed E-state index contributed by atoms with van der Waals surface area (Å²) >= 11 is 1.71. The minimum Gasteiger partial charge on any atom is -0.383 e. The van der Waals surface area contributed by atoms with E-state index in [1.54, 1.807) is 11.8 Å². The molecule has 2 heteroatoms. The van der Waals surface area contributed by atoms with Gasteiger partial charge in [-0.1, -0.05) is 72.9 Å². The summed E-state index contributed by atoms with van der Waals surface area (Å²) in [6, 6.07) is 10.0. The largest absolute Gasteiger partial charge is 0.383 e. The maximum atomic E-state index is 11.6. The number of hydrogen-bond donors (Lipinski definition) is 1. The van der Waals surface area contributed by atoms with Crippen LogP contribution < -0.4 is 0 Å². The highest BCUT2D eigenvalue weighted by Gasteiger charge is 2.45. The first-order chi connectivity index (χ1) is 9.76. The molecule has 0 aromatic heterocycles. The highest BCUT2D eigenvalue weighted by Crippen LogP contribution is 2.47. The SMILES string of the molecule is CSC1=CC=CC1[C@@](O)(c1ccccc1)C1C=CC=C1. The molecule has 3 rings (SSSR count). The molecular weight excluding hydrogens is 264 g/mol. The Labute approximate surface area is 124 Å². The van der Waals surface area contributed by atoms with Crippen LogP contribution in [-0.4, -0.2) is 11.4 Å². The summed E-state index contributed by atoms with van der Waals surface area (Å²) in [5.41, 5.74) is 0.0461. The van der Waals surface area contributed by atoms with E-state index in [0.717, 1.165) is 5.56 Å². The predicted molar refractivity (Wildman–Crippen MR) is 86.3 cm³/mol. The molecule has 1 nitrogen and oxygen atoms in total. The van der Waals surface area contributed by atoms with Crippen molar-refractivity contribution in [3.8, 4) is 0 Å². The molecule has 2 atom stereocenters. The van der Waals surface area contributed by atoms with Crippen molar-refractivity contribution in [2.75, 3.05) is 6.26 Å². The molecule has 20 heavy (non-hydrogen) atoms. The Hall–Kier alpha value is -1.51. The van der Waals surface area contributed by atoms with Crippen molar-refractivity contribution in [3.05, 3.63) is 83.3 Å². The van der Waals surface area contributed by atoms with E-state index in [9.17, 15) is 5.11 Å². The van der Waals surface area contributed by atoms with Crippen molar-refractivity contribution in [2.45, 2.75) is 5.60 Å². The van der Waals surface area contributed by atoms with Crippen LogP contribution in [-0.2, 0) is 5.60 Å². The molecule has 0 amide bonds. The average molecular weight is 282 g/mol. The topological polar surface area (TPSA) is 20.2 Å². The zero-order valence-electron chi connectivity index (χ0n) is 11.4. The Balaban J connectivity index is 2.09. The Bertz CT molecular complexity index is 585. The summed E-state index contributed by atoms with van der Waals surface area (Å²) in [5.74, 6) is 0.0190. The van der Waals surface area contributed by atoms with Crippen LogP contribution in [0.25, 0.3) is 0 Å². The maximum absolute atomic E-state index is 11.6. The molecule has 1 aromatic rings. The smallest absolute Gasteiger partial charge is 0.110 e. The van der Waals surface area contributed by atoms with E-state index in [4.69, 9.17) is 0 Å². The number of rotatable bonds is 4. The molecule has 1 aromatic carbocycles. The van der Waals surface area contributed by atoms with E-state index < -0.39 is 5.60 Å². The fourth-order valence-electron chi connectivity index (χ4n) is 3.03. The molecule has 102 valence electrons. The van der Waals surface area contributed by atoms with Crippen LogP contribution in [0.4, 0.5) is 0 Å². The number of allylic oxidation sites excluding steroid dienone is 4. The third kappa shape index (κ3) is 2.09. The molecule has 0 spiro atoms. The van der Waals surface area contributed by atoms with E-state index >= 15 is 0 Å². The van der Waals surface area contributed by atoms with Gasteiger partial charge in [0.1, 0.15) is 5.60 Å². The fraction of sp³-hybridized carbons (Fsp3) is 0.222. The lowest BCUT2D eigenvalue weighted by molar-refractivity contribution is -0.0142. The molecule has 0 heterocycles. The number of hydrogen-bond acceptors (Lipinski definition) is 2. The lowest BCUT2D eigenvalue weighted by Gasteiger charge is -2.38. The summed E-state index contributed by atoms with van der Waals surface area (Å²) in [7, 11) is 0. The Morgan fingerprint density at radius 3 is 2.35 bits per heavy atom. The van der Waals surface area contributed by atoms with Gasteiger partial charge in [0.15, 0.2) is 0 Å². The third-order valence-corrected chi connectivity index (χ3v) is 4.93. The zero-order valence-corrected chi connectivity index (χ0v) is 12.3. The van der Waals surface area contributed by atoms with Crippen LogP contribution in [0.2, 0.25) is 0 Å². The van der Waals surface area contributed by atoms with Crippen LogP contribution in [0.15, 0.2) is 77.8 Å². The maximum Gasteiger partial charge on any atom is 0.110 e. The van der Waals surface area contributed by atoms with E-state index in [1.165, 1.54) is 4.91 Å². The standard InChI is InChI=1S/C18H18OS/c1-20-17-13-7-12-16(17)18(19,15-10-5-6-11-15)14-8-3-2-4-9-14/h2-13,15-16,19H,1H3/t16?,18-/m1/s1. The first-order valence-corrected chi connectivity index (χ1v) is 8.04. The molecule has 2 aliphatic rings. The molecule has 1 unspecified atom stereocenters. The quantitative estimate of drug-likeness (QED) is 0.899. The molecule has 2 aliphatic carbocycles. The number of aliphatic hydroxyl groups is 1. The van der Waals surface area contributed by atoms with Crippen LogP contribution in [0.1, 0.15) is 5.56 Å². The van der Waals surface area contributed by atoms with Gasteiger partial charge in [0.05, 0.1) is 0 Å². The third-order valence-electron chi connectivity index (χ3n) is 4.07. The monoisotopic (exact) mass is 282 g/mol. The number of benzene rings is 1. The van der Waals surface area contributed by atoms with E-state index in [0.29, 0.717) is 0 Å². The average Bonchev–Trinajstić information content (AvgIpc) is 3.18. The Morgan fingerprint density at radius 1 is 1.00 bits per heavy atom. The van der Waals surface area contributed by atoms with Gasteiger partial charge in [0.25, 0.3) is 0 Å². The summed E-state index contributed by atoms with van der Waals surface area (Å²) in [5, 5.41) is 11.6. The highest BCUT2D eigenvalue weighted by molar-refractivity contribution is 8.02. The zero-order chi connectivity index (χ0) is 14.0. The lowest BCUT2D eigenvalue weighted by Crippen LogP contribution is -2.40. The molecule has 0 fully saturated rings. The van der Waals surface area contributed by atoms with Gasteiger partial charge in [-0.05, 0) is 16.7 Å². The Morgan fingerprint density at radius 2 is 1.70 bits per heavy atom. The minimum absolute atomic E-state index is 0.00759. The molecule has 0 bridgehead atoms. The van der Waals surface area contributed by atoms with Gasteiger partial charge in [-0.2, -0.15) is 0 Å². The normalized spacial score (nSPS) is 24.1. The molecule has 0 saturated heterocycles. The van der Waals surface area contributed by atoms with Gasteiger partial charge in [-0.25, -0.2) is 0 Å². The van der Waals surface area contributed by atoms with Gasteiger partial charge in [0, 0.05) is 11.8 Å². The summed E-state index contributed by atoms with van der Waals surface area (Å²) in [6.45, 7) is 0. The molecule has 1 N–H and O–H groups in total. The molecule has 0 aliphatic heterocycles. The lowest BCUT2D eigenvalue weighted by atomic mass is 9.73. The Kier molecular flexibility index (Phi) is 3.68. The van der Waals surface area contributed by atoms with Crippen molar-refractivity contribution < 1.29 is 5.11 Å². The highest BCUT2D eigenvalue weighted by atomic mass is 32.2. The van der Waals surface area contributed by atoms with Gasteiger partial charge >= 0.3 is 0 Å². The van der Waals surface area contributed by atoms with Crippen LogP contribution in [0, 0.1) is 11.8 Å². The second-order valence-electron chi connectivity index (χ2n) is 5.12. The first-order valence-electron chi connectivity index (χ1n) is 6.82. The van der Waals surface area contributed by atoms with E-state index in [-0.39, 0.29) is 11.8 Å². The van der Waals surface area contributed by atoms with Crippen molar-refractivity contribution in [1.82, 2.24) is 0 Å². The van der Waals surface area contributed by atoms with Crippen LogP contribution in [0.3, 0.4) is 0 Å². The van der Waals surface area contributed by atoms with Gasteiger partial charge in [-0.3, -0.25) is 0 Å². The van der Waals surface area contributed by atoms with Crippen molar-refractivity contribution in [3.63, 3.8) is 0 Å². The van der Waals surface area contributed by atoms with Crippen LogP contribution >= 0.6 is 11.8 Å². The molecular formula is C18H18OS. The predicted octanol–water partition coefficient (Wildman–Crippen LogP) is 4.05. The van der Waals surface area contributed by atoms with E-state index in [2.05, 4.69) is 30.6 Å². The fourth-order valence-corrected chi connectivity index (χ4v) is 3.76. The second-order valence-corrected chi connectivity index (χ2v) is 6.00.